The molecule has 4 heteroatoms. The normalized spacial score (nSPS) is 14.8. The molecule has 1 aromatic rings. The molecule has 17 heavy (non-hydrogen) atoms. The van der Waals surface area contributed by atoms with Gasteiger partial charge in [-0.25, -0.2) is 0 Å². The van der Waals surface area contributed by atoms with Gasteiger partial charge in [-0.05, 0) is 31.7 Å². The van der Waals surface area contributed by atoms with Crippen LogP contribution in [0.3, 0.4) is 0 Å². The van der Waals surface area contributed by atoms with Gasteiger partial charge in [0.25, 0.3) is 0 Å². The van der Waals surface area contributed by atoms with Gasteiger partial charge in [-0.1, -0.05) is 6.92 Å². The molecule has 0 aromatic carbocycles. The van der Waals surface area contributed by atoms with Gasteiger partial charge in [0.05, 0.1) is 18.8 Å². The molecule has 1 rings (SSSR count). The summed E-state index contributed by atoms with van der Waals surface area (Å²) in [5, 5.41) is 4.28. The second-order valence-corrected chi connectivity index (χ2v) is 5.78. The smallest absolute Gasteiger partial charge is 0.0905 e. The minimum Gasteiger partial charge on any atom is -0.379 e. The Labute approximate surface area is 113 Å². The fourth-order valence-corrected chi connectivity index (χ4v) is 3.08. The van der Waals surface area contributed by atoms with Gasteiger partial charge < -0.3 is 9.47 Å². The fourth-order valence-electron chi connectivity index (χ4n) is 1.32. The average Bonchev–Trinajstić information content (AvgIpc) is 2.85. The molecule has 0 radical (unpaired) electrons. The Morgan fingerprint density at radius 1 is 1.41 bits per heavy atom. The van der Waals surface area contributed by atoms with Gasteiger partial charge in [-0.2, -0.15) is 11.3 Å². The molecular formula is C13H22O2S2. The predicted octanol–water partition coefficient (Wildman–Crippen LogP) is 4.06. The maximum absolute atomic E-state index is 5.96. The summed E-state index contributed by atoms with van der Waals surface area (Å²) in [5.41, 5.74) is 0. The topological polar surface area (TPSA) is 18.5 Å². The minimum atomic E-state index is 0.190. The fraction of sp³-hybridized carbons (Fsp3) is 0.692. The Morgan fingerprint density at radius 2 is 2.24 bits per heavy atom. The lowest BCUT2D eigenvalue weighted by Gasteiger charge is -2.21. The van der Waals surface area contributed by atoms with E-state index in [9.17, 15) is 0 Å². The first-order valence-electron chi connectivity index (χ1n) is 6.14. The Balaban J connectivity index is 2.33. The van der Waals surface area contributed by atoms with Gasteiger partial charge in [0.1, 0.15) is 0 Å². The van der Waals surface area contributed by atoms with E-state index in [0.29, 0.717) is 12.7 Å². The summed E-state index contributed by atoms with van der Waals surface area (Å²) in [4.78, 5) is 1.32. The molecule has 0 bridgehead atoms. The van der Waals surface area contributed by atoms with Crippen LogP contribution in [-0.2, 0) is 9.47 Å². The number of hydrogen-bond donors (Lipinski definition) is 0. The Hall–Kier alpha value is -0.0300. The van der Waals surface area contributed by atoms with Crippen molar-refractivity contribution < 1.29 is 9.47 Å². The molecule has 2 unspecified atom stereocenters. The predicted molar refractivity (Wildman–Crippen MR) is 76.2 cm³/mol. The highest BCUT2D eigenvalue weighted by atomic mass is 32.2. The van der Waals surface area contributed by atoms with Crippen LogP contribution in [0.1, 0.15) is 27.2 Å². The van der Waals surface area contributed by atoms with Gasteiger partial charge >= 0.3 is 0 Å². The van der Waals surface area contributed by atoms with Crippen LogP contribution in [0.5, 0.6) is 0 Å². The van der Waals surface area contributed by atoms with E-state index in [4.69, 9.17) is 9.47 Å². The highest BCUT2D eigenvalue weighted by molar-refractivity contribution is 7.99. The van der Waals surface area contributed by atoms with E-state index in [0.717, 1.165) is 18.8 Å². The van der Waals surface area contributed by atoms with Crippen LogP contribution in [-0.4, -0.2) is 31.2 Å². The molecule has 0 aliphatic rings. The minimum absolute atomic E-state index is 0.190. The first kappa shape index (κ1) is 15.0. The lowest BCUT2D eigenvalue weighted by molar-refractivity contribution is -0.0377. The maximum Gasteiger partial charge on any atom is 0.0905 e. The lowest BCUT2D eigenvalue weighted by Crippen LogP contribution is -2.27. The summed E-state index contributed by atoms with van der Waals surface area (Å²) >= 11 is 3.58. The number of thiophene rings is 1. The van der Waals surface area contributed by atoms with E-state index in [1.54, 1.807) is 11.3 Å². The molecule has 98 valence electrons. The Kier molecular flexibility index (Phi) is 7.93. The summed E-state index contributed by atoms with van der Waals surface area (Å²) in [6.07, 6.45) is 1.55. The zero-order valence-corrected chi connectivity index (χ0v) is 12.5. The number of thioether (sulfide) groups is 1. The Morgan fingerprint density at radius 3 is 2.82 bits per heavy atom. The van der Waals surface area contributed by atoms with Crippen LogP contribution < -0.4 is 0 Å². The second kappa shape index (κ2) is 8.97. The van der Waals surface area contributed by atoms with Gasteiger partial charge in [-0.15, -0.1) is 11.8 Å². The van der Waals surface area contributed by atoms with Crippen LogP contribution in [0.15, 0.2) is 21.7 Å². The van der Waals surface area contributed by atoms with Crippen molar-refractivity contribution in [1.82, 2.24) is 0 Å². The van der Waals surface area contributed by atoms with Crippen molar-refractivity contribution in [3.8, 4) is 0 Å². The number of hydrogen-bond acceptors (Lipinski definition) is 4. The van der Waals surface area contributed by atoms with Crippen LogP contribution in [0.25, 0.3) is 0 Å². The van der Waals surface area contributed by atoms with Crippen LogP contribution in [0, 0.1) is 0 Å². The summed E-state index contributed by atoms with van der Waals surface area (Å²) < 4.78 is 11.4. The van der Waals surface area contributed by atoms with Crippen molar-refractivity contribution in [1.29, 1.82) is 0 Å². The molecule has 0 N–H and O–H groups in total. The molecule has 0 aliphatic carbocycles. The van der Waals surface area contributed by atoms with Crippen molar-refractivity contribution >= 4 is 23.1 Å². The molecular weight excluding hydrogens is 252 g/mol. The van der Waals surface area contributed by atoms with Gasteiger partial charge in [0, 0.05) is 22.6 Å². The first-order valence-corrected chi connectivity index (χ1v) is 8.07. The summed E-state index contributed by atoms with van der Waals surface area (Å²) in [6.45, 7) is 7.73. The van der Waals surface area contributed by atoms with Crippen molar-refractivity contribution in [3.63, 3.8) is 0 Å². The monoisotopic (exact) mass is 274 g/mol. The summed E-state index contributed by atoms with van der Waals surface area (Å²) in [6, 6.07) is 2.15. The van der Waals surface area contributed by atoms with Gasteiger partial charge in [0.15, 0.2) is 0 Å². The first-order chi connectivity index (χ1) is 8.26. The van der Waals surface area contributed by atoms with Gasteiger partial charge in [0.2, 0.25) is 0 Å². The number of rotatable bonds is 9. The third kappa shape index (κ3) is 6.46. The second-order valence-electron chi connectivity index (χ2n) is 3.91. The van der Waals surface area contributed by atoms with Crippen molar-refractivity contribution in [2.45, 2.75) is 44.3 Å². The SMILES string of the molecule is CCOCC(CSc1ccsc1)OC(C)CC. The van der Waals surface area contributed by atoms with E-state index in [1.165, 1.54) is 4.90 Å². The standard InChI is InChI=1S/C13H22O2S2/c1-4-11(3)15-12(8-14-5-2)9-17-13-6-7-16-10-13/h6-7,10-12H,4-5,8-9H2,1-3H3. The lowest BCUT2D eigenvalue weighted by atomic mass is 10.3. The van der Waals surface area contributed by atoms with Gasteiger partial charge in [-0.3, -0.25) is 0 Å². The highest BCUT2D eigenvalue weighted by Crippen LogP contribution is 2.22. The van der Waals surface area contributed by atoms with Crippen LogP contribution >= 0.6 is 23.1 Å². The van der Waals surface area contributed by atoms with E-state index < -0.39 is 0 Å². The average molecular weight is 274 g/mol. The summed E-state index contributed by atoms with van der Waals surface area (Å²) in [7, 11) is 0. The summed E-state index contributed by atoms with van der Waals surface area (Å²) in [5.74, 6) is 0.959. The van der Waals surface area contributed by atoms with E-state index >= 15 is 0 Å². The van der Waals surface area contributed by atoms with E-state index in [2.05, 4.69) is 30.7 Å². The third-order valence-corrected chi connectivity index (χ3v) is 4.40. The quantitative estimate of drug-likeness (QED) is 0.633. The molecule has 0 spiro atoms. The molecule has 0 saturated heterocycles. The van der Waals surface area contributed by atoms with Crippen molar-refractivity contribution in [2.24, 2.45) is 0 Å². The molecule has 2 atom stereocenters. The third-order valence-electron chi connectivity index (χ3n) is 2.44. The Bertz CT molecular complexity index is 275. The molecule has 0 aliphatic heterocycles. The molecule has 2 nitrogen and oxygen atoms in total. The van der Waals surface area contributed by atoms with Crippen LogP contribution in [0.2, 0.25) is 0 Å². The largest absolute Gasteiger partial charge is 0.379 e. The zero-order valence-electron chi connectivity index (χ0n) is 10.8. The maximum atomic E-state index is 5.96. The molecule has 0 saturated carbocycles. The molecule has 1 heterocycles. The molecule has 0 fully saturated rings. The zero-order chi connectivity index (χ0) is 12.5. The van der Waals surface area contributed by atoms with Crippen molar-refractivity contribution in [2.75, 3.05) is 19.0 Å². The van der Waals surface area contributed by atoms with Crippen molar-refractivity contribution in [3.05, 3.63) is 16.8 Å². The highest BCUT2D eigenvalue weighted by Gasteiger charge is 2.13. The molecule has 1 aromatic heterocycles. The number of ether oxygens (including phenoxy) is 2. The van der Waals surface area contributed by atoms with Crippen LogP contribution in [0.4, 0.5) is 0 Å². The van der Waals surface area contributed by atoms with E-state index in [-0.39, 0.29) is 6.10 Å². The molecule has 0 amide bonds. The van der Waals surface area contributed by atoms with E-state index in [1.807, 2.05) is 18.7 Å².